The van der Waals surface area contributed by atoms with E-state index in [0.29, 0.717) is 29.1 Å². The zero-order valence-corrected chi connectivity index (χ0v) is 20.9. The van der Waals surface area contributed by atoms with E-state index < -0.39 is 5.97 Å². The number of carboxylic acid groups (broad SMARTS) is 1. The Morgan fingerprint density at radius 2 is 1.67 bits per heavy atom. The van der Waals surface area contributed by atoms with Crippen molar-refractivity contribution in [3.05, 3.63) is 88.9 Å². The molecule has 4 rings (SSSR count). The van der Waals surface area contributed by atoms with Crippen LogP contribution in [0, 0.1) is 0 Å². The number of ether oxygens (including phenoxy) is 1. The molecule has 1 atom stereocenters. The van der Waals surface area contributed by atoms with E-state index >= 15 is 0 Å². The third kappa shape index (κ3) is 7.31. The summed E-state index contributed by atoms with van der Waals surface area (Å²) in [5.41, 5.74) is 2.08. The fourth-order valence-corrected chi connectivity index (χ4v) is 4.55. The Labute approximate surface area is 216 Å². The highest BCUT2D eigenvalue weighted by atomic mass is 35.5. The van der Waals surface area contributed by atoms with Crippen molar-refractivity contribution in [1.82, 2.24) is 9.80 Å². The maximum atomic E-state index is 12.7. The molecule has 0 saturated carbocycles. The third-order valence-electron chi connectivity index (χ3n) is 6.21. The number of anilines is 1. The number of carbonyl (C=O) groups excluding carboxylic acids is 1. The number of nitrogens with zero attached hydrogens (tertiary/aromatic N) is 2. The molecule has 1 heterocycles. The van der Waals surface area contributed by atoms with Crippen LogP contribution in [0.4, 0.5) is 5.69 Å². The minimum Gasteiger partial charge on any atom is -0.478 e. The molecule has 0 aliphatic carbocycles. The van der Waals surface area contributed by atoms with Crippen molar-refractivity contribution in [1.29, 1.82) is 0 Å². The minimum atomic E-state index is -0.919. The number of hydrogen-bond donors (Lipinski definition) is 2. The van der Waals surface area contributed by atoms with Gasteiger partial charge in [-0.05, 0) is 92.7 Å². The van der Waals surface area contributed by atoms with E-state index in [1.54, 1.807) is 36.4 Å². The highest BCUT2D eigenvalue weighted by Gasteiger charge is 2.27. The lowest BCUT2D eigenvalue weighted by Crippen LogP contribution is -2.42. The molecule has 0 aromatic heterocycles. The number of likely N-dealkylation sites (tertiary alicyclic amines) is 1. The molecule has 0 spiro atoms. The molecule has 1 fully saturated rings. The first-order valence-corrected chi connectivity index (χ1v) is 12.3. The number of carboxylic acids is 1. The van der Waals surface area contributed by atoms with Crippen molar-refractivity contribution in [2.45, 2.75) is 25.4 Å². The summed E-state index contributed by atoms with van der Waals surface area (Å²) < 4.78 is 5.80. The summed E-state index contributed by atoms with van der Waals surface area (Å²) in [5.74, 6) is 0.409. The van der Waals surface area contributed by atoms with Gasteiger partial charge in [-0.2, -0.15) is 0 Å². The second-order valence-electron chi connectivity index (χ2n) is 9.09. The molecule has 1 amide bonds. The number of benzene rings is 3. The Hall–Kier alpha value is -3.39. The van der Waals surface area contributed by atoms with Crippen LogP contribution in [-0.2, 0) is 11.3 Å². The van der Waals surface area contributed by atoms with Gasteiger partial charge in [0.05, 0.1) is 12.1 Å². The van der Waals surface area contributed by atoms with Crippen LogP contribution in [0.5, 0.6) is 11.5 Å². The number of amides is 1. The van der Waals surface area contributed by atoms with Gasteiger partial charge in [0.15, 0.2) is 0 Å². The van der Waals surface area contributed by atoms with Crippen LogP contribution >= 0.6 is 11.6 Å². The first kappa shape index (κ1) is 25.7. The summed E-state index contributed by atoms with van der Waals surface area (Å²) in [6.07, 6.45) is 2.11. The van der Waals surface area contributed by atoms with Gasteiger partial charge < -0.3 is 20.1 Å². The molecule has 0 unspecified atom stereocenters. The van der Waals surface area contributed by atoms with E-state index in [2.05, 4.69) is 22.2 Å². The predicted molar refractivity (Wildman–Crippen MR) is 141 cm³/mol. The van der Waals surface area contributed by atoms with Crippen molar-refractivity contribution in [2.24, 2.45) is 0 Å². The highest BCUT2D eigenvalue weighted by molar-refractivity contribution is 6.30. The predicted octanol–water partition coefficient (Wildman–Crippen LogP) is 5.37. The molecule has 3 aromatic carbocycles. The second kappa shape index (κ2) is 12.0. The lowest BCUT2D eigenvalue weighted by atomic mass is 10.1. The molecule has 1 saturated heterocycles. The Kier molecular flexibility index (Phi) is 8.59. The molecule has 0 radical (unpaired) electrons. The Morgan fingerprint density at radius 3 is 2.31 bits per heavy atom. The van der Waals surface area contributed by atoms with Gasteiger partial charge in [0.2, 0.25) is 5.91 Å². The van der Waals surface area contributed by atoms with Crippen molar-refractivity contribution in [3.63, 3.8) is 0 Å². The first-order valence-electron chi connectivity index (χ1n) is 11.9. The normalized spacial score (nSPS) is 15.7. The van der Waals surface area contributed by atoms with Gasteiger partial charge in [-0.3, -0.25) is 9.69 Å². The average molecular weight is 508 g/mol. The van der Waals surface area contributed by atoms with Crippen LogP contribution in [0.25, 0.3) is 0 Å². The van der Waals surface area contributed by atoms with E-state index in [0.717, 1.165) is 43.7 Å². The largest absolute Gasteiger partial charge is 0.478 e. The highest BCUT2D eigenvalue weighted by Crippen LogP contribution is 2.25. The standard InChI is InChI=1S/C28H30ClN3O4/c1-31(17-20-4-6-21(7-5-20)28(34)35)18-24-3-2-16-32(24)19-27(33)30-23-10-14-26(15-11-23)36-25-12-8-22(29)9-13-25/h4-15,24H,2-3,16-19H2,1H3,(H,30,33)(H,34,35)/t24-/m1/s1. The summed E-state index contributed by atoms with van der Waals surface area (Å²) in [6, 6.07) is 21.7. The first-order chi connectivity index (χ1) is 17.4. The molecule has 7 nitrogen and oxygen atoms in total. The van der Waals surface area contributed by atoms with Crippen molar-refractivity contribution in [3.8, 4) is 11.5 Å². The van der Waals surface area contributed by atoms with E-state index in [1.807, 2.05) is 36.4 Å². The zero-order valence-electron chi connectivity index (χ0n) is 20.2. The van der Waals surface area contributed by atoms with Gasteiger partial charge in [0.1, 0.15) is 11.5 Å². The molecular weight excluding hydrogens is 478 g/mol. The molecule has 1 aliphatic rings. The summed E-state index contributed by atoms with van der Waals surface area (Å²) in [4.78, 5) is 28.2. The number of rotatable bonds is 10. The molecule has 2 N–H and O–H groups in total. The molecule has 0 bridgehead atoms. The van der Waals surface area contributed by atoms with Crippen LogP contribution in [0.15, 0.2) is 72.8 Å². The molecule has 1 aliphatic heterocycles. The SMILES string of the molecule is CN(Cc1ccc(C(=O)O)cc1)C[C@H]1CCCN1CC(=O)Nc1ccc(Oc2ccc(Cl)cc2)cc1. The summed E-state index contributed by atoms with van der Waals surface area (Å²) in [5, 5.41) is 12.7. The van der Waals surface area contributed by atoms with Crippen LogP contribution in [0.1, 0.15) is 28.8 Å². The van der Waals surface area contributed by atoms with Crippen LogP contribution < -0.4 is 10.1 Å². The van der Waals surface area contributed by atoms with Gasteiger partial charge in [-0.1, -0.05) is 23.7 Å². The zero-order chi connectivity index (χ0) is 25.5. The lowest BCUT2D eigenvalue weighted by Gasteiger charge is -2.28. The van der Waals surface area contributed by atoms with Gasteiger partial charge in [-0.15, -0.1) is 0 Å². The topological polar surface area (TPSA) is 82.1 Å². The van der Waals surface area contributed by atoms with E-state index in [-0.39, 0.29) is 11.5 Å². The number of carbonyl (C=O) groups is 2. The van der Waals surface area contributed by atoms with Gasteiger partial charge >= 0.3 is 5.97 Å². The monoisotopic (exact) mass is 507 g/mol. The maximum Gasteiger partial charge on any atom is 0.335 e. The van der Waals surface area contributed by atoms with E-state index in [9.17, 15) is 9.59 Å². The van der Waals surface area contributed by atoms with E-state index in [1.165, 1.54) is 0 Å². The number of likely N-dealkylation sites (N-methyl/N-ethyl adjacent to an activating group) is 1. The summed E-state index contributed by atoms with van der Waals surface area (Å²) >= 11 is 5.91. The molecule has 3 aromatic rings. The number of hydrogen-bond acceptors (Lipinski definition) is 5. The van der Waals surface area contributed by atoms with Crippen molar-refractivity contribution in [2.75, 3.05) is 32.0 Å². The molecular formula is C28H30ClN3O4. The summed E-state index contributed by atoms with van der Waals surface area (Å²) in [7, 11) is 2.05. The van der Waals surface area contributed by atoms with Gasteiger partial charge in [0, 0.05) is 29.8 Å². The average Bonchev–Trinajstić information content (AvgIpc) is 3.28. The molecule has 8 heteroatoms. The number of nitrogens with one attached hydrogen (secondary N) is 1. The Bertz CT molecular complexity index is 1170. The maximum absolute atomic E-state index is 12.7. The quantitative estimate of drug-likeness (QED) is 0.384. The molecule has 36 heavy (non-hydrogen) atoms. The Balaban J connectivity index is 1.25. The van der Waals surface area contributed by atoms with Gasteiger partial charge in [0.25, 0.3) is 0 Å². The fourth-order valence-electron chi connectivity index (χ4n) is 4.43. The number of aromatic carboxylic acids is 1. The van der Waals surface area contributed by atoms with Crippen LogP contribution in [-0.4, -0.2) is 59.5 Å². The fraction of sp³-hybridized carbons (Fsp3) is 0.286. The second-order valence-corrected chi connectivity index (χ2v) is 9.53. The van der Waals surface area contributed by atoms with Crippen molar-refractivity contribution < 1.29 is 19.4 Å². The smallest absolute Gasteiger partial charge is 0.335 e. The van der Waals surface area contributed by atoms with Crippen LogP contribution in [0.2, 0.25) is 5.02 Å². The van der Waals surface area contributed by atoms with E-state index in [4.69, 9.17) is 21.4 Å². The number of halogens is 1. The van der Waals surface area contributed by atoms with Crippen molar-refractivity contribution >= 4 is 29.2 Å². The van der Waals surface area contributed by atoms with Gasteiger partial charge in [-0.25, -0.2) is 4.79 Å². The Morgan fingerprint density at radius 1 is 1.03 bits per heavy atom. The lowest BCUT2D eigenvalue weighted by molar-refractivity contribution is -0.117. The molecule has 188 valence electrons. The third-order valence-corrected chi connectivity index (χ3v) is 6.46. The minimum absolute atomic E-state index is 0.0415. The summed E-state index contributed by atoms with van der Waals surface area (Å²) in [6.45, 7) is 2.80. The van der Waals surface area contributed by atoms with Crippen LogP contribution in [0.3, 0.4) is 0 Å².